The van der Waals surface area contributed by atoms with E-state index in [1.165, 1.54) is 0 Å². The molecule has 2 bridgehead atoms. The van der Waals surface area contributed by atoms with Crippen molar-refractivity contribution in [2.24, 2.45) is 17.8 Å². The van der Waals surface area contributed by atoms with E-state index in [4.69, 9.17) is 4.74 Å². The summed E-state index contributed by atoms with van der Waals surface area (Å²) in [6, 6.07) is 0. The third-order valence-electron chi connectivity index (χ3n) is 4.97. The third kappa shape index (κ3) is 2.99. The Bertz CT molecular complexity index is 671. The normalized spacial score (nSPS) is 34.8. The lowest BCUT2D eigenvalue weighted by atomic mass is 9.88. The number of hydrogen-bond acceptors (Lipinski definition) is 6. The molecule has 3 aliphatic rings. The maximum atomic E-state index is 13.1. The molecule has 2 saturated carbocycles. The highest BCUT2D eigenvalue weighted by Gasteiger charge is 2.76. The van der Waals surface area contributed by atoms with Crippen LogP contribution in [0.15, 0.2) is 0 Å². The lowest BCUT2D eigenvalue weighted by Gasteiger charge is -2.38. The number of hydrogen-bond donors (Lipinski definition) is 0. The number of epoxide rings is 1. The van der Waals surface area contributed by atoms with E-state index in [1.807, 2.05) is 0 Å². The highest BCUT2D eigenvalue weighted by Crippen LogP contribution is 2.59. The van der Waals surface area contributed by atoms with Gasteiger partial charge in [-0.15, -0.1) is 0 Å². The van der Waals surface area contributed by atoms with Crippen molar-refractivity contribution < 1.29 is 53.6 Å². The average molecular weight is 397 g/mol. The van der Waals surface area contributed by atoms with Crippen LogP contribution in [0.1, 0.15) is 12.8 Å². The number of alkyl halides is 6. The molecule has 3 rings (SSSR count). The monoisotopic (exact) mass is 397 g/mol. The van der Waals surface area contributed by atoms with E-state index in [-0.39, 0.29) is 18.4 Å². The Morgan fingerprint density at radius 1 is 1.08 bits per heavy atom. The van der Waals surface area contributed by atoms with Crippen LogP contribution >= 0.6 is 0 Å². The summed E-state index contributed by atoms with van der Waals surface area (Å²) in [5, 5.41) is 0. The lowest BCUT2D eigenvalue weighted by Crippen LogP contribution is -2.64. The highest BCUT2D eigenvalue weighted by molar-refractivity contribution is 7.85. The van der Waals surface area contributed by atoms with Gasteiger partial charge in [-0.1, -0.05) is 0 Å². The Balaban J connectivity index is 1.90. The molecule has 3 fully saturated rings. The first-order valence-corrected chi connectivity index (χ1v) is 8.69. The number of carbonyl (C=O) groups excluding carboxylic acids is 1. The highest BCUT2D eigenvalue weighted by atomic mass is 32.2. The van der Waals surface area contributed by atoms with E-state index in [1.54, 1.807) is 0 Å². The van der Waals surface area contributed by atoms with Crippen molar-refractivity contribution in [2.45, 2.75) is 43.0 Å². The second-order valence-electron chi connectivity index (χ2n) is 6.51. The topological polar surface area (TPSA) is 96.0 Å². The fourth-order valence-electron chi connectivity index (χ4n) is 3.84. The van der Waals surface area contributed by atoms with Gasteiger partial charge in [-0.2, -0.15) is 26.3 Å². The molecular weight excluding hydrogens is 386 g/mol. The Labute approximate surface area is 137 Å². The lowest BCUT2D eigenvalue weighted by molar-refractivity contribution is -0.362. The SMILES string of the molecule is O=C(OC(CS(=O)(=O)[O-])(C(F)(F)F)C(F)(F)F)C1CC2CC1C1OC21. The molecule has 5 atom stereocenters. The van der Waals surface area contributed by atoms with Crippen molar-refractivity contribution >= 4 is 16.1 Å². The standard InChI is InChI=1S/C12H12F6O6S/c13-11(14,15)10(12(16,17)18,3-25(20,21)22)24-9(19)6-2-4-1-5(6)8-7(4)23-8/h4-8H,1-3H2,(H,20,21,22)/p-1. The fourth-order valence-corrected chi connectivity index (χ4v) is 4.72. The van der Waals surface area contributed by atoms with E-state index < -0.39 is 57.7 Å². The average Bonchev–Trinajstić information content (AvgIpc) is 2.98. The Kier molecular flexibility index (Phi) is 3.91. The first-order valence-electron chi connectivity index (χ1n) is 7.11. The van der Waals surface area contributed by atoms with Gasteiger partial charge in [0, 0.05) is 5.92 Å². The Hall–Kier alpha value is -1.08. The number of carbonyl (C=O) groups is 1. The van der Waals surface area contributed by atoms with Crippen molar-refractivity contribution in [1.29, 1.82) is 0 Å². The summed E-state index contributed by atoms with van der Waals surface area (Å²) < 4.78 is 119. The summed E-state index contributed by atoms with van der Waals surface area (Å²) in [6.07, 6.45) is -12.8. The van der Waals surface area contributed by atoms with Crippen molar-refractivity contribution in [1.82, 2.24) is 0 Å². The molecule has 25 heavy (non-hydrogen) atoms. The van der Waals surface area contributed by atoms with Crippen LogP contribution in [-0.4, -0.2) is 54.9 Å². The molecule has 1 heterocycles. The summed E-state index contributed by atoms with van der Waals surface area (Å²) in [4.78, 5) is 12.0. The zero-order chi connectivity index (χ0) is 19.0. The summed E-state index contributed by atoms with van der Waals surface area (Å²) in [5.41, 5.74) is -5.40. The van der Waals surface area contributed by atoms with Gasteiger partial charge in [0.05, 0.1) is 34.0 Å². The molecule has 1 aliphatic heterocycles. The van der Waals surface area contributed by atoms with Crippen LogP contribution in [0.3, 0.4) is 0 Å². The molecule has 0 aromatic rings. The molecule has 0 radical (unpaired) electrons. The second-order valence-corrected chi connectivity index (χ2v) is 7.92. The zero-order valence-corrected chi connectivity index (χ0v) is 13.0. The molecule has 5 unspecified atom stereocenters. The van der Waals surface area contributed by atoms with Crippen LogP contribution in [0.4, 0.5) is 26.3 Å². The van der Waals surface area contributed by atoms with E-state index in [0.717, 1.165) is 0 Å². The molecule has 13 heteroatoms. The van der Waals surface area contributed by atoms with Gasteiger partial charge < -0.3 is 14.0 Å². The van der Waals surface area contributed by atoms with E-state index in [2.05, 4.69) is 4.74 Å². The van der Waals surface area contributed by atoms with Crippen molar-refractivity contribution in [3.8, 4) is 0 Å². The van der Waals surface area contributed by atoms with Gasteiger partial charge in [0.1, 0.15) is 0 Å². The quantitative estimate of drug-likeness (QED) is 0.308. The molecule has 144 valence electrons. The van der Waals surface area contributed by atoms with Gasteiger partial charge in [-0.25, -0.2) is 8.42 Å². The van der Waals surface area contributed by atoms with Crippen molar-refractivity contribution in [2.75, 3.05) is 5.75 Å². The van der Waals surface area contributed by atoms with Gasteiger partial charge in [-0.3, -0.25) is 4.79 Å². The minimum Gasteiger partial charge on any atom is -0.748 e. The molecular formula is C12H11F6O6S-. The molecule has 2 aliphatic carbocycles. The summed E-state index contributed by atoms with van der Waals surface area (Å²) in [6.45, 7) is 0. The first kappa shape index (κ1) is 18.7. The number of ether oxygens (including phenoxy) is 2. The Morgan fingerprint density at radius 2 is 1.64 bits per heavy atom. The summed E-state index contributed by atoms with van der Waals surface area (Å²) in [5.74, 6) is -6.76. The van der Waals surface area contributed by atoms with Gasteiger partial charge in [0.25, 0.3) is 0 Å². The minimum absolute atomic E-state index is 0.000581. The third-order valence-corrected chi connectivity index (χ3v) is 5.73. The zero-order valence-electron chi connectivity index (χ0n) is 12.1. The van der Waals surface area contributed by atoms with Gasteiger partial charge in [0.2, 0.25) is 0 Å². The predicted molar refractivity (Wildman–Crippen MR) is 63.9 cm³/mol. The van der Waals surface area contributed by atoms with Gasteiger partial charge >= 0.3 is 23.9 Å². The van der Waals surface area contributed by atoms with Crippen molar-refractivity contribution in [3.05, 3.63) is 0 Å². The van der Waals surface area contributed by atoms with Crippen LogP contribution in [0.5, 0.6) is 0 Å². The number of esters is 1. The second kappa shape index (κ2) is 5.22. The molecule has 0 N–H and O–H groups in total. The number of rotatable bonds is 4. The minimum atomic E-state index is -6.34. The first-order chi connectivity index (χ1) is 11.2. The molecule has 0 spiro atoms. The fraction of sp³-hybridized carbons (Fsp3) is 0.917. The largest absolute Gasteiger partial charge is 0.748 e. The maximum Gasteiger partial charge on any atom is 0.438 e. The van der Waals surface area contributed by atoms with Crippen molar-refractivity contribution in [3.63, 3.8) is 0 Å². The molecule has 0 aromatic heterocycles. The maximum absolute atomic E-state index is 13.1. The van der Waals surface area contributed by atoms with Gasteiger partial charge in [-0.05, 0) is 18.8 Å². The van der Waals surface area contributed by atoms with Crippen LogP contribution < -0.4 is 0 Å². The van der Waals surface area contributed by atoms with Crippen LogP contribution in [0.2, 0.25) is 0 Å². The number of halogens is 6. The van der Waals surface area contributed by atoms with E-state index in [9.17, 15) is 44.1 Å². The smallest absolute Gasteiger partial charge is 0.438 e. The summed E-state index contributed by atoms with van der Waals surface area (Å²) >= 11 is 0. The summed E-state index contributed by atoms with van der Waals surface area (Å²) in [7, 11) is -6.02. The Morgan fingerprint density at radius 3 is 2.04 bits per heavy atom. The molecule has 1 saturated heterocycles. The van der Waals surface area contributed by atoms with Gasteiger partial charge in [0.15, 0.2) is 0 Å². The van der Waals surface area contributed by atoms with Crippen LogP contribution in [0.25, 0.3) is 0 Å². The number of fused-ring (bicyclic) bond motifs is 5. The molecule has 0 amide bonds. The van der Waals surface area contributed by atoms with Crippen LogP contribution in [-0.2, 0) is 24.4 Å². The predicted octanol–water partition coefficient (Wildman–Crippen LogP) is 1.36. The van der Waals surface area contributed by atoms with Crippen LogP contribution in [0, 0.1) is 17.8 Å². The molecule has 0 aromatic carbocycles. The van der Waals surface area contributed by atoms with E-state index >= 15 is 0 Å². The molecule has 6 nitrogen and oxygen atoms in total. The van der Waals surface area contributed by atoms with E-state index in [0.29, 0.717) is 6.42 Å².